The van der Waals surface area contributed by atoms with Gasteiger partial charge in [-0.1, -0.05) is 30.3 Å². The van der Waals surface area contributed by atoms with Gasteiger partial charge in [-0.05, 0) is 17.7 Å². The Morgan fingerprint density at radius 3 is 2.62 bits per heavy atom. The Balaban J connectivity index is 2.16. The first kappa shape index (κ1) is 15.0. The minimum absolute atomic E-state index is 0.0804. The van der Waals surface area contributed by atoms with E-state index in [0.717, 1.165) is 5.56 Å². The second-order valence-electron chi connectivity index (χ2n) is 4.54. The van der Waals surface area contributed by atoms with Crippen molar-refractivity contribution in [1.82, 2.24) is 0 Å². The van der Waals surface area contributed by atoms with Crippen LogP contribution in [0.25, 0.3) is 0 Å². The van der Waals surface area contributed by atoms with E-state index in [-0.39, 0.29) is 18.2 Å². The highest BCUT2D eigenvalue weighted by Crippen LogP contribution is 2.23. The topological polar surface area (TPSA) is 64.3 Å². The number of ether oxygens (including phenoxy) is 1. The number of carbonyl (C=O) groups is 1. The molecular weight excluding hydrogens is 271 g/mol. The zero-order valence-electron chi connectivity index (χ0n) is 11.7. The molecule has 1 amide bonds. The number of rotatable bonds is 5. The highest BCUT2D eigenvalue weighted by atomic mass is 19.1. The number of methoxy groups -OCH3 is 1. The van der Waals surface area contributed by atoms with Gasteiger partial charge in [-0.2, -0.15) is 0 Å². The van der Waals surface area contributed by atoms with Crippen LogP contribution in [-0.2, 0) is 4.79 Å². The number of amides is 1. The largest absolute Gasteiger partial charge is 0.494 e. The number of anilines is 1. The predicted octanol–water partition coefficient (Wildman–Crippen LogP) is 2.52. The Morgan fingerprint density at radius 2 is 2.00 bits per heavy atom. The second-order valence-corrected chi connectivity index (χ2v) is 4.54. The molecule has 5 heteroatoms. The summed E-state index contributed by atoms with van der Waals surface area (Å²) in [5, 5.41) is 2.73. The minimum atomic E-state index is -0.478. The summed E-state index contributed by atoms with van der Waals surface area (Å²) in [5.41, 5.74) is 7.00. The molecule has 21 heavy (non-hydrogen) atoms. The van der Waals surface area contributed by atoms with E-state index < -0.39 is 11.7 Å². The summed E-state index contributed by atoms with van der Waals surface area (Å²) in [4.78, 5) is 12.3. The van der Waals surface area contributed by atoms with Crippen molar-refractivity contribution in [3.05, 3.63) is 59.9 Å². The molecule has 0 saturated heterocycles. The van der Waals surface area contributed by atoms with E-state index in [1.165, 1.54) is 25.3 Å². The van der Waals surface area contributed by atoms with Gasteiger partial charge in [0.1, 0.15) is 0 Å². The molecule has 2 aromatic carbocycles. The van der Waals surface area contributed by atoms with Gasteiger partial charge in [-0.25, -0.2) is 4.39 Å². The van der Waals surface area contributed by atoms with Gasteiger partial charge in [-0.3, -0.25) is 4.79 Å². The van der Waals surface area contributed by atoms with Crippen LogP contribution in [0.15, 0.2) is 48.5 Å². The van der Waals surface area contributed by atoms with Gasteiger partial charge in [0.25, 0.3) is 0 Å². The number of benzene rings is 2. The maximum Gasteiger partial charge on any atom is 0.233 e. The first-order chi connectivity index (χ1) is 10.2. The van der Waals surface area contributed by atoms with Crippen LogP contribution in [0.1, 0.15) is 11.5 Å². The molecule has 0 heterocycles. The molecule has 3 N–H and O–H groups in total. The standard InChI is InChI=1S/C16H17FN2O2/c1-21-15-9-12(7-8-14(15)17)19-16(20)13(10-18)11-5-3-2-4-6-11/h2-9,13H,10,18H2,1H3,(H,19,20). The summed E-state index contributed by atoms with van der Waals surface area (Å²) >= 11 is 0. The third kappa shape index (κ3) is 3.58. The molecule has 0 spiro atoms. The van der Waals surface area contributed by atoms with Crippen molar-refractivity contribution in [2.24, 2.45) is 5.73 Å². The van der Waals surface area contributed by atoms with Crippen molar-refractivity contribution in [3.8, 4) is 5.75 Å². The fourth-order valence-corrected chi connectivity index (χ4v) is 2.05. The van der Waals surface area contributed by atoms with Crippen LogP contribution in [0.2, 0.25) is 0 Å². The lowest BCUT2D eigenvalue weighted by molar-refractivity contribution is -0.117. The fourth-order valence-electron chi connectivity index (χ4n) is 2.05. The van der Waals surface area contributed by atoms with Crippen LogP contribution in [0.5, 0.6) is 5.75 Å². The highest BCUT2D eigenvalue weighted by Gasteiger charge is 2.19. The van der Waals surface area contributed by atoms with Crippen LogP contribution in [0, 0.1) is 5.82 Å². The summed E-state index contributed by atoms with van der Waals surface area (Å²) in [6.07, 6.45) is 0. The number of nitrogens with one attached hydrogen (secondary N) is 1. The summed E-state index contributed by atoms with van der Waals surface area (Å²) in [7, 11) is 1.37. The monoisotopic (exact) mass is 288 g/mol. The molecule has 0 saturated carbocycles. The van der Waals surface area contributed by atoms with Gasteiger partial charge in [0, 0.05) is 18.3 Å². The van der Waals surface area contributed by atoms with E-state index >= 15 is 0 Å². The molecule has 0 radical (unpaired) electrons. The summed E-state index contributed by atoms with van der Waals surface area (Å²) in [6, 6.07) is 13.4. The minimum Gasteiger partial charge on any atom is -0.494 e. The number of nitrogens with two attached hydrogens (primary N) is 1. The van der Waals surface area contributed by atoms with Crippen molar-refractivity contribution >= 4 is 11.6 Å². The van der Waals surface area contributed by atoms with E-state index in [0.29, 0.717) is 5.69 Å². The SMILES string of the molecule is COc1cc(NC(=O)C(CN)c2ccccc2)ccc1F. The summed E-state index contributed by atoms with van der Waals surface area (Å²) < 4.78 is 18.2. The molecule has 2 rings (SSSR count). The average Bonchev–Trinajstić information content (AvgIpc) is 2.51. The van der Waals surface area contributed by atoms with E-state index in [1.807, 2.05) is 30.3 Å². The molecule has 0 aliphatic heterocycles. The first-order valence-corrected chi connectivity index (χ1v) is 6.55. The molecule has 0 fully saturated rings. The zero-order valence-corrected chi connectivity index (χ0v) is 11.7. The third-order valence-corrected chi connectivity index (χ3v) is 3.17. The maximum absolute atomic E-state index is 13.3. The van der Waals surface area contributed by atoms with Crippen molar-refractivity contribution in [3.63, 3.8) is 0 Å². The van der Waals surface area contributed by atoms with Crippen molar-refractivity contribution in [2.75, 3.05) is 19.0 Å². The quantitative estimate of drug-likeness (QED) is 0.888. The lowest BCUT2D eigenvalue weighted by atomic mass is 9.98. The second kappa shape index (κ2) is 6.85. The smallest absolute Gasteiger partial charge is 0.233 e. The Hall–Kier alpha value is -2.40. The molecule has 0 aliphatic rings. The van der Waals surface area contributed by atoms with Crippen LogP contribution in [-0.4, -0.2) is 19.6 Å². The molecule has 1 unspecified atom stereocenters. The van der Waals surface area contributed by atoms with Crippen molar-refractivity contribution in [1.29, 1.82) is 0 Å². The van der Waals surface area contributed by atoms with Gasteiger partial charge in [-0.15, -0.1) is 0 Å². The lowest BCUT2D eigenvalue weighted by Crippen LogP contribution is -2.27. The molecule has 2 aromatic rings. The van der Waals surface area contributed by atoms with Crippen LogP contribution < -0.4 is 15.8 Å². The van der Waals surface area contributed by atoms with Crippen LogP contribution in [0.4, 0.5) is 10.1 Å². The lowest BCUT2D eigenvalue weighted by Gasteiger charge is -2.15. The normalized spacial score (nSPS) is 11.8. The van der Waals surface area contributed by atoms with Crippen molar-refractivity contribution < 1.29 is 13.9 Å². The van der Waals surface area contributed by atoms with Gasteiger partial charge in [0.2, 0.25) is 5.91 Å². The van der Waals surface area contributed by atoms with Crippen molar-refractivity contribution in [2.45, 2.75) is 5.92 Å². The Bertz CT molecular complexity index is 617. The van der Waals surface area contributed by atoms with Crippen LogP contribution >= 0.6 is 0 Å². The van der Waals surface area contributed by atoms with E-state index in [9.17, 15) is 9.18 Å². The summed E-state index contributed by atoms with van der Waals surface area (Å²) in [5.74, 6) is -1.09. The van der Waals surface area contributed by atoms with Gasteiger partial charge in [0.15, 0.2) is 11.6 Å². The average molecular weight is 288 g/mol. The highest BCUT2D eigenvalue weighted by molar-refractivity contribution is 5.96. The summed E-state index contributed by atoms with van der Waals surface area (Å²) in [6.45, 7) is 0.189. The number of carbonyl (C=O) groups excluding carboxylic acids is 1. The van der Waals surface area contributed by atoms with E-state index in [4.69, 9.17) is 10.5 Å². The number of hydrogen-bond donors (Lipinski definition) is 2. The Morgan fingerprint density at radius 1 is 1.29 bits per heavy atom. The molecule has 0 aliphatic carbocycles. The third-order valence-electron chi connectivity index (χ3n) is 3.17. The molecule has 4 nitrogen and oxygen atoms in total. The molecular formula is C16H17FN2O2. The van der Waals surface area contributed by atoms with Gasteiger partial charge < -0.3 is 15.8 Å². The van der Waals surface area contributed by atoms with E-state index in [2.05, 4.69) is 5.32 Å². The van der Waals surface area contributed by atoms with E-state index in [1.54, 1.807) is 0 Å². The fraction of sp³-hybridized carbons (Fsp3) is 0.188. The molecule has 0 bridgehead atoms. The Labute approximate surface area is 122 Å². The van der Waals surface area contributed by atoms with Gasteiger partial charge >= 0.3 is 0 Å². The molecule has 110 valence electrons. The number of halogens is 1. The first-order valence-electron chi connectivity index (χ1n) is 6.55. The molecule has 0 aromatic heterocycles. The maximum atomic E-state index is 13.3. The number of hydrogen-bond acceptors (Lipinski definition) is 3. The van der Waals surface area contributed by atoms with Gasteiger partial charge in [0.05, 0.1) is 13.0 Å². The van der Waals surface area contributed by atoms with Crippen LogP contribution in [0.3, 0.4) is 0 Å². The predicted molar refractivity (Wildman–Crippen MR) is 79.8 cm³/mol. The zero-order chi connectivity index (χ0) is 15.2. The molecule has 1 atom stereocenters. The Kier molecular flexibility index (Phi) is 4.90.